The van der Waals surface area contributed by atoms with Gasteiger partial charge in [0.25, 0.3) is 0 Å². The van der Waals surface area contributed by atoms with Crippen molar-refractivity contribution in [3.05, 3.63) is 29.1 Å². The van der Waals surface area contributed by atoms with Crippen LogP contribution in [0.25, 0.3) is 0 Å². The minimum atomic E-state index is -4.12. The number of nitrogens with zero attached hydrogens (tertiary/aromatic N) is 3. The second-order valence-corrected chi connectivity index (χ2v) is 9.31. The highest BCUT2D eigenvalue weighted by Gasteiger charge is 2.50. The molecule has 0 radical (unpaired) electrons. The predicted molar refractivity (Wildman–Crippen MR) is 102 cm³/mol. The number of hydrogen-bond donors (Lipinski definition) is 2. The van der Waals surface area contributed by atoms with Crippen LogP contribution in [-0.4, -0.2) is 61.4 Å². The first-order valence-corrected chi connectivity index (χ1v) is 10.7. The van der Waals surface area contributed by atoms with Crippen LogP contribution in [0.15, 0.2) is 17.1 Å². The summed E-state index contributed by atoms with van der Waals surface area (Å²) in [4.78, 5) is 29.0. The van der Waals surface area contributed by atoms with Crippen LogP contribution in [0.3, 0.4) is 0 Å². The van der Waals surface area contributed by atoms with Gasteiger partial charge >= 0.3 is 6.03 Å². The van der Waals surface area contributed by atoms with Gasteiger partial charge in [-0.05, 0) is 19.1 Å². The molecule has 3 aliphatic heterocycles. The molecule has 1 aromatic rings. The molecule has 0 spiro atoms. The van der Waals surface area contributed by atoms with Crippen molar-refractivity contribution in [2.45, 2.75) is 36.7 Å². The summed E-state index contributed by atoms with van der Waals surface area (Å²) in [6, 6.07) is 1.26. The van der Waals surface area contributed by atoms with Crippen LogP contribution >= 0.6 is 0 Å². The smallest absolute Gasteiger partial charge is 0.331 e. The number of nitrogens with one attached hydrogen (secondary N) is 2. The molecule has 3 aliphatic rings. The standard InChI is InChI=1S/C18H18FN5O5S/c1-9-17-12(2-3-21-9)23-18(26)24(30(17,27)28)7-15(25)22-13-8-29-14-5-10(6-20)4-11(19)16(13)14/h3-5,9,12-13,17H,2,7-8H2,1H3,(H,22,25)(H,23,26)/t9?,12?,13-,17?/m0/s1. The van der Waals surface area contributed by atoms with E-state index in [-0.39, 0.29) is 23.5 Å². The van der Waals surface area contributed by atoms with Gasteiger partial charge in [-0.2, -0.15) is 5.26 Å². The average Bonchev–Trinajstić information content (AvgIpc) is 3.07. The molecule has 30 heavy (non-hydrogen) atoms. The number of carbonyl (C=O) groups is 2. The molecule has 10 nitrogen and oxygen atoms in total. The second-order valence-electron chi connectivity index (χ2n) is 7.29. The normalized spacial score (nSPS) is 28.6. The van der Waals surface area contributed by atoms with Crippen LogP contribution in [0.1, 0.15) is 30.5 Å². The summed E-state index contributed by atoms with van der Waals surface area (Å²) in [6.07, 6.45) is 1.87. The van der Waals surface area contributed by atoms with Crippen LogP contribution in [0.2, 0.25) is 0 Å². The molecule has 158 valence electrons. The maximum Gasteiger partial charge on any atom is 0.331 e. The minimum absolute atomic E-state index is 0.0728. The van der Waals surface area contributed by atoms with Gasteiger partial charge in [0.05, 0.1) is 35.3 Å². The Morgan fingerprint density at radius 3 is 3.00 bits per heavy atom. The number of ether oxygens (including phenoxy) is 1. The van der Waals surface area contributed by atoms with Gasteiger partial charge in [-0.15, -0.1) is 0 Å². The highest BCUT2D eigenvalue weighted by atomic mass is 32.2. The minimum Gasteiger partial charge on any atom is -0.491 e. The van der Waals surface area contributed by atoms with Gasteiger partial charge in [-0.1, -0.05) is 0 Å². The number of amides is 3. The van der Waals surface area contributed by atoms with Crippen molar-refractivity contribution >= 4 is 28.2 Å². The monoisotopic (exact) mass is 435 g/mol. The van der Waals surface area contributed by atoms with E-state index in [2.05, 4.69) is 15.6 Å². The number of nitriles is 1. The van der Waals surface area contributed by atoms with Crippen LogP contribution in [0, 0.1) is 17.1 Å². The van der Waals surface area contributed by atoms with Gasteiger partial charge in [-0.3, -0.25) is 9.79 Å². The zero-order valence-electron chi connectivity index (χ0n) is 15.8. The third-order valence-electron chi connectivity index (χ3n) is 5.36. The average molecular weight is 435 g/mol. The summed E-state index contributed by atoms with van der Waals surface area (Å²) in [5.41, 5.74) is 0.150. The Labute approximate surface area is 171 Å². The largest absolute Gasteiger partial charge is 0.491 e. The first-order valence-electron chi connectivity index (χ1n) is 9.21. The highest BCUT2D eigenvalue weighted by Crippen LogP contribution is 2.35. The number of carbonyl (C=O) groups excluding carboxylic acids is 2. The lowest BCUT2D eigenvalue weighted by Crippen LogP contribution is -2.66. The van der Waals surface area contributed by atoms with Crippen molar-refractivity contribution in [1.82, 2.24) is 14.9 Å². The number of rotatable bonds is 3. The van der Waals surface area contributed by atoms with E-state index in [0.717, 1.165) is 6.07 Å². The van der Waals surface area contributed by atoms with Crippen LogP contribution in [-0.2, 0) is 14.8 Å². The fraction of sp³-hybridized carbons (Fsp3) is 0.444. The first kappa shape index (κ1) is 20.1. The number of benzene rings is 1. The lowest BCUT2D eigenvalue weighted by Gasteiger charge is -2.41. The summed E-state index contributed by atoms with van der Waals surface area (Å²) in [6.45, 7) is 0.797. The van der Waals surface area contributed by atoms with Crippen molar-refractivity contribution in [3.63, 3.8) is 0 Å². The van der Waals surface area contributed by atoms with E-state index >= 15 is 0 Å². The maximum absolute atomic E-state index is 14.3. The first-order chi connectivity index (χ1) is 14.2. The second kappa shape index (κ2) is 7.24. The summed E-state index contributed by atoms with van der Waals surface area (Å²) < 4.78 is 46.1. The van der Waals surface area contributed by atoms with E-state index in [9.17, 15) is 22.4 Å². The van der Waals surface area contributed by atoms with Gasteiger partial charge in [0.15, 0.2) is 0 Å². The number of hydrogen-bond acceptors (Lipinski definition) is 7. The van der Waals surface area contributed by atoms with E-state index in [1.54, 1.807) is 13.1 Å². The van der Waals surface area contributed by atoms with E-state index in [1.807, 2.05) is 6.07 Å². The lowest BCUT2D eigenvalue weighted by atomic mass is 10.0. The van der Waals surface area contributed by atoms with Crippen molar-refractivity contribution in [1.29, 1.82) is 5.26 Å². The Morgan fingerprint density at radius 2 is 2.27 bits per heavy atom. The quantitative estimate of drug-likeness (QED) is 0.695. The summed E-state index contributed by atoms with van der Waals surface area (Å²) in [5, 5.41) is 13.1. The van der Waals surface area contributed by atoms with Gasteiger partial charge in [-0.25, -0.2) is 21.9 Å². The van der Waals surface area contributed by atoms with Crippen molar-refractivity contribution in [3.8, 4) is 11.8 Å². The molecule has 2 N–H and O–H groups in total. The molecule has 0 bridgehead atoms. The molecule has 4 atom stereocenters. The SMILES string of the molecule is CC1N=CCC2NC(=O)N(CC(=O)N[C@H]3COc4cc(C#N)cc(F)c43)S(=O)(=O)C12. The van der Waals surface area contributed by atoms with Gasteiger partial charge in [0.1, 0.15) is 30.0 Å². The van der Waals surface area contributed by atoms with Crippen molar-refractivity contribution in [2.24, 2.45) is 4.99 Å². The molecule has 12 heteroatoms. The number of urea groups is 1. The molecule has 1 aromatic carbocycles. The van der Waals surface area contributed by atoms with E-state index in [0.29, 0.717) is 10.7 Å². The summed E-state index contributed by atoms with van der Waals surface area (Å²) >= 11 is 0. The highest BCUT2D eigenvalue weighted by molar-refractivity contribution is 7.90. The number of halogens is 1. The third kappa shape index (κ3) is 3.24. The Hall–Kier alpha value is -3.20. The Bertz CT molecular complexity index is 1100. The molecule has 0 saturated carbocycles. The molecule has 1 saturated heterocycles. The number of fused-ring (bicyclic) bond motifs is 2. The Kier molecular flexibility index (Phi) is 4.85. The third-order valence-corrected chi connectivity index (χ3v) is 7.68. The van der Waals surface area contributed by atoms with E-state index in [1.165, 1.54) is 6.07 Å². The topological polar surface area (TPSA) is 141 Å². The van der Waals surface area contributed by atoms with Gasteiger partial charge in [0.2, 0.25) is 15.9 Å². The Morgan fingerprint density at radius 1 is 1.50 bits per heavy atom. The molecule has 3 heterocycles. The van der Waals surface area contributed by atoms with Gasteiger partial charge in [0, 0.05) is 12.6 Å². The molecule has 0 aromatic heterocycles. The number of sulfonamides is 1. The zero-order valence-corrected chi connectivity index (χ0v) is 16.6. The molecule has 1 fully saturated rings. The molecular formula is C18H18FN5O5S. The van der Waals surface area contributed by atoms with Crippen LogP contribution < -0.4 is 15.4 Å². The lowest BCUT2D eigenvalue weighted by molar-refractivity contribution is -0.121. The van der Waals surface area contributed by atoms with Gasteiger partial charge < -0.3 is 15.4 Å². The predicted octanol–water partition coefficient (Wildman–Crippen LogP) is 0.202. The summed E-state index contributed by atoms with van der Waals surface area (Å²) in [5.74, 6) is -1.37. The van der Waals surface area contributed by atoms with Crippen molar-refractivity contribution < 1.29 is 27.1 Å². The van der Waals surface area contributed by atoms with Crippen molar-refractivity contribution in [2.75, 3.05) is 13.2 Å². The fourth-order valence-corrected chi connectivity index (χ4v) is 6.04. The van der Waals surface area contributed by atoms with E-state index in [4.69, 9.17) is 10.00 Å². The number of aliphatic imine (C=N–C) groups is 1. The molecule has 3 unspecified atom stereocenters. The Balaban J connectivity index is 1.51. The molecular weight excluding hydrogens is 417 g/mol. The molecule has 0 aliphatic carbocycles. The van der Waals surface area contributed by atoms with Crippen LogP contribution in [0.4, 0.5) is 9.18 Å². The summed E-state index contributed by atoms with van der Waals surface area (Å²) in [7, 11) is -4.12. The molecule has 4 rings (SSSR count). The maximum atomic E-state index is 14.3. The fourth-order valence-electron chi connectivity index (χ4n) is 4.00. The zero-order chi connectivity index (χ0) is 21.6. The van der Waals surface area contributed by atoms with Crippen LogP contribution in [0.5, 0.6) is 5.75 Å². The molecule has 3 amide bonds. The van der Waals surface area contributed by atoms with E-state index < -0.39 is 57.7 Å².